The highest BCUT2D eigenvalue weighted by atomic mass is 16.3. The Hall–Kier alpha value is -1.55. The van der Waals surface area contributed by atoms with Gasteiger partial charge in [-0.2, -0.15) is 0 Å². The molecule has 0 radical (unpaired) electrons. The van der Waals surface area contributed by atoms with Gasteiger partial charge in [0.2, 0.25) is 0 Å². The maximum absolute atomic E-state index is 9.84. The van der Waals surface area contributed by atoms with Crippen LogP contribution in [0, 0.1) is 5.92 Å². The molecule has 1 aliphatic carbocycles. The molecule has 4 heteroatoms. The third-order valence-corrected chi connectivity index (χ3v) is 3.41. The fourth-order valence-corrected chi connectivity index (χ4v) is 2.33. The lowest BCUT2D eigenvalue weighted by atomic mass is 9.87. The van der Waals surface area contributed by atoms with E-state index in [1.165, 1.54) is 6.42 Å². The van der Waals surface area contributed by atoms with E-state index >= 15 is 0 Å². The number of nitrogens with two attached hydrogens (primary N) is 1. The lowest BCUT2D eigenvalue weighted by Gasteiger charge is -2.26. The molecule has 0 aliphatic heterocycles. The van der Waals surface area contributed by atoms with Crippen LogP contribution in [0.3, 0.4) is 0 Å². The van der Waals surface area contributed by atoms with E-state index in [2.05, 4.69) is 10.3 Å². The number of nitrogens with zero attached hydrogens (tertiary/aromatic N) is 1. The average molecular weight is 247 g/mol. The molecule has 0 spiro atoms. The molecule has 2 atom stereocenters. The number of aliphatic hydroxyl groups excluding tert-OH is 1. The Morgan fingerprint density at radius 3 is 2.72 bits per heavy atom. The third kappa shape index (κ3) is 3.74. The van der Waals surface area contributed by atoms with Crippen molar-refractivity contribution in [1.82, 2.24) is 0 Å². The first-order chi connectivity index (χ1) is 8.75. The van der Waals surface area contributed by atoms with Gasteiger partial charge in [0.1, 0.15) is 0 Å². The first kappa shape index (κ1) is 12.9. The Bertz CT molecular complexity index is 391. The molecular weight excluding hydrogens is 226 g/mol. The molecule has 0 amide bonds. The number of para-hydroxylation sites is 1. The molecule has 0 heterocycles. The van der Waals surface area contributed by atoms with Crippen LogP contribution in [0.5, 0.6) is 0 Å². The Morgan fingerprint density at radius 1 is 1.28 bits per heavy atom. The van der Waals surface area contributed by atoms with Gasteiger partial charge in [-0.05, 0) is 25.0 Å². The van der Waals surface area contributed by atoms with Gasteiger partial charge in [0.15, 0.2) is 5.96 Å². The van der Waals surface area contributed by atoms with Crippen LogP contribution in [-0.4, -0.2) is 23.7 Å². The second-order valence-electron chi connectivity index (χ2n) is 4.83. The first-order valence-corrected chi connectivity index (χ1v) is 6.56. The van der Waals surface area contributed by atoms with Crippen molar-refractivity contribution >= 4 is 11.6 Å². The molecule has 1 aliphatic rings. The van der Waals surface area contributed by atoms with Crippen LogP contribution in [0.2, 0.25) is 0 Å². The number of anilines is 1. The Labute approximate surface area is 108 Å². The van der Waals surface area contributed by atoms with Crippen LogP contribution in [0.4, 0.5) is 5.69 Å². The van der Waals surface area contributed by atoms with Gasteiger partial charge in [0.05, 0.1) is 6.10 Å². The normalized spacial score (nSPS) is 24.8. The van der Waals surface area contributed by atoms with E-state index in [1.54, 1.807) is 0 Å². The average Bonchev–Trinajstić information content (AvgIpc) is 2.39. The minimum absolute atomic E-state index is 0.216. The second kappa shape index (κ2) is 6.40. The summed E-state index contributed by atoms with van der Waals surface area (Å²) < 4.78 is 0. The van der Waals surface area contributed by atoms with Crippen LogP contribution >= 0.6 is 0 Å². The van der Waals surface area contributed by atoms with Crippen LogP contribution in [0.25, 0.3) is 0 Å². The summed E-state index contributed by atoms with van der Waals surface area (Å²) in [5.41, 5.74) is 6.76. The zero-order valence-electron chi connectivity index (χ0n) is 10.5. The molecule has 98 valence electrons. The van der Waals surface area contributed by atoms with E-state index in [1.807, 2.05) is 30.3 Å². The van der Waals surface area contributed by atoms with Gasteiger partial charge in [0, 0.05) is 18.2 Å². The summed E-state index contributed by atoms with van der Waals surface area (Å²) in [6.07, 6.45) is 4.03. The number of hydrogen-bond donors (Lipinski definition) is 3. The Morgan fingerprint density at radius 2 is 2.00 bits per heavy atom. The van der Waals surface area contributed by atoms with Crippen LogP contribution in [0.15, 0.2) is 35.3 Å². The molecule has 2 rings (SSSR count). The van der Waals surface area contributed by atoms with E-state index in [4.69, 9.17) is 5.73 Å². The van der Waals surface area contributed by atoms with Gasteiger partial charge in [-0.15, -0.1) is 0 Å². The first-order valence-electron chi connectivity index (χ1n) is 6.56. The minimum atomic E-state index is -0.216. The van der Waals surface area contributed by atoms with Crippen molar-refractivity contribution in [3.63, 3.8) is 0 Å². The summed E-state index contributed by atoms with van der Waals surface area (Å²) in [7, 11) is 0. The van der Waals surface area contributed by atoms with Gasteiger partial charge in [0.25, 0.3) is 0 Å². The zero-order valence-corrected chi connectivity index (χ0v) is 10.5. The monoisotopic (exact) mass is 247 g/mol. The molecule has 1 aromatic rings. The number of nitrogens with one attached hydrogen (secondary N) is 1. The quantitative estimate of drug-likeness (QED) is 0.565. The largest absolute Gasteiger partial charge is 0.393 e. The lowest BCUT2D eigenvalue weighted by molar-refractivity contribution is 0.0745. The van der Waals surface area contributed by atoms with E-state index in [0.717, 1.165) is 24.9 Å². The molecule has 0 saturated heterocycles. The van der Waals surface area contributed by atoms with Crippen molar-refractivity contribution in [1.29, 1.82) is 0 Å². The van der Waals surface area contributed by atoms with Crippen LogP contribution in [-0.2, 0) is 0 Å². The summed E-state index contributed by atoms with van der Waals surface area (Å²) in [6, 6.07) is 9.73. The molecule has 1 fully saturated rings. The number of benzene rings is 1. The van der Waals surface area contributed by atoms with Crippen molar-refractivity contribution < 1.29 is 5.11 Å². The van der Waals surface area contributed by atoms with Crippen molar-refractivity contribution in [3.05, 3.63) is 30.3 Å². The fraction of sp³-hybridized carbons (Fsp3) is 0.500. The highest BCUT2D eigenvalue weighted by molar-refractivity contribution is 5.92. The second-order valence-corrected chi connectivity index (χ2v) is 4.83. The SMILES string of the molecule is NC(=NCC1CCCCC1O)Nc1ccccc1. The number of guanidine groups is 1. The lowest BCUT2D eigenvalue weighted by Crippen LogP contribution is -2.29. The number of aliphatic imine (C=N–C) groups is 1. The van der Waals surface area contributed by atoms with Crippen molar-refractivity contribution in [2.24, 2.45) is 16.6 Å². The van der Waals surface area contributed by atoms with E-state index in [-0.39, 0.29) is 12.0 Å². The smallest absolute Gasteiger partial charge is 0.193 e. The van der Waals surface area contributed by atoms with Gasteiger partial charge < -0.3 is 16.2 Å². The minimum Gasteiger partial charge on any atom is -0.393 e. The predicted molar refractivity (Wildman–Crippen MR) is 74.5 cm³/mol. The van der Waals surface area contributed by atoms with Crippen LogP contribution < -0.4 is 11.1 Å². The van der Waals surface area contributed by atoms with Gasteiger partial charge in [-0.3, -0.25) is 4.99 Å². The predicted octanol–water partition coefficient (Wildman–Crippen LogP) is 1.96. The highest BCUT2D eigenvalue weighted by Gasteiger charge is 2.22. The molecule has 1 saturated carbocycles. The number of rotatable bonds is 3. The Kier molecular flexibility index (Phi) is 4.59. The summed E-state index contributed by atoms with van der Waals surface area (Å²) in [5, 5.41) is 12.9. The molecule has 0 aromatic heterocycles. The molecule has 0 bridgehead atoms. The van der Waals surface area contributed by atoms with E-state index < -0.39 is 0 Å². The molecule has 18 heavy (non-hydrogen) atoms. The molecule has 4 nitrogen and oxygen atoms in total. The maximum Gasteiger partial charge on any atom is 0.193 e. The van der Waals surface area contributed by atoms with Crippen LogP contribution in [0.1, 0.15) is 25.7 Å². The topological polar surface area (TPSA) is 70.6 Å². The van der Waals surface area contributed by atoms with Gasteiger partial charge in [-0.1, -0.05) is 31.0 Å². The van der Waals surface area contributed by atoms with Crippen molar-refractivity contribution in [3.8, 4) is 0 Å². The zero-order chi connectivity index (χ0) is 12.8. The number of hydrogen-bond acceptors (Lipinski definition) is 2. The van der Waals surface area contributed by atoms with Crippen molar-refractivity contribution in [2.45, 2.75) is 31.8 Å². The molecular formula is C14H21N3O. The van der Waals surface area contributed by atoms with Crippen molar-refractivity contribution in [2.75, 3.05) is 11.9 Å². The maximum atomic E-state index is 9.84. The van der Waals surface area contributed by atoms with Gasteiger partial charge >= 0.3 is 0 Å². The standard InChI is InChI=1S/C14H21N3O/c15-14(17-12-7-2-1-3-8-12)16-10-11-6-4-5-9-13(11)18/h1-3,7-8,11,13,18H,4-6,9-10H2,(H3,15,16,17). The summed E-state index contributed by atoms with van der Waals surface area (Å²) in [5.74, 6) is 0.675. The third-order valence-electron chi connectivity index (χ3n) is 3.41. The van der Waals surface area contributed by atoms with E-state index in [9.17, 15) is 5.11 Å². The van der Waals surface area contributed by atoms with E-state index in [0.29, 0.717) is 12.5 Å². The summed E-state index contributed by atoms with van der Waals surface area (Å²) in [6.45, 7) is 0.604. The number of aliphatic hydroxyl groups is 1. The summed E-state index contributed by atoms with van der Waals surface area (Å²) >= 11 is 0. The molecule has 2 unspecified atom stereocenters. The van der Waals surface area contributed by atoms with Gasteiger partial charge in [-0.25, -0.2) is 0 Å². The molecule has 1 aromatic carbocycles. The highest BCUT2D eigenvalue weighted by Crippen LogP contribution is 2.24. The Balaban J connectivity index is 1.85. The summed E-state index contributed by atoms with van der Waals surface area (Å²) in [4.78, 5) is 4.32. The molecule has 4 N–H and O–H groups in total. The fourth-order valence-electron chi connectivity index (χ4n) is 2.33.